The van der Waals surface area contributed by atoms with Crippen molar-refractivity contribution in [2.75, 3.05) is 37.6 Å². The van der Waals surface area contributed by atoms with Gasteiger partial charge in [-0.05, 0) is 73.7 Å². The molecule has 2 fully saturated rings. The van der Waals surface area contributed by atoms with Gasteiger partial charge in [-0.15, -0.1) is 11.3 Å². The minimum absolute atomic E-state index is 0.00157. The van der Waals surface area contributed by atoms with E-state index in [2.05, 4.69) is 0 Å². The lowest BCUT2D eigenvalue weighted by molar-refractivity contribution is -0.123. The summed E-state index contributed by atoms with van der Waals surface area (Å²) in [4.78, 5) is 31.0. The van der Waals surface area contributed by atoms with E-state index in [-0.39, 0.29) is 17.7 Å². The van der Waals surface area contributed by atoms with Crippen LogP contribution in [0.1, 0.15) is 47.3 Å². The Balaban J connectivity index is 1.34. The third-order valence-corrected chi connectivity index (χ3v) is 9.68. The maximum Gasteiger partial charge on any atom is 0.263 e. The zero-order valence-corrected chi connectivity index (χ0v) is 20.2. The second-order valence-corrected chi connectivity index (χ2v) is 11.9. The number of fused-ring (bicyclic) bond motifs is 1. The predicted molar refractivity (Wildman–Crippen MR) is 128 cm³/mol. The van der Waals surface area contributed by atoms with E-state index in [1.807, 2.05) is 22.4 Å². The molecule has 1 atom stereocenters. The number of carbonyl (C=O) groups is 2. The van der Waals surface area contributed by atoms with E-state index in [0.717, 1.165) is 49.8 Å². The first-order chi connectivity index (χ1) is 15.9. The maximum atomic E-state index is 13.5. The first kappa shape index (κ1) is 22.6. The van der Waals surface area contributed by atoms with E-state index in [1.54, 1.807) is 27.4 Å². The lowest BCUT2D eigenvalue weighted by Gasteiger charge is -2.37. The molecule has 0 aliphatic carbocycles. The number of hydrogen-bond donors (Lipinski definition) is 0. The van der Waals surface area contributed by atoms with Crippen LogP contribution in [0.15, 0.2) is 40.6 Å². The van der Waals surface area contributed by atoms with Gasteiger partial charge in [0.1, 0.15) is 0 Å². The number of amides is 2. The largest absolute Gasteiger partial charge is 0.337 e. The number of nitrogens with zero attached hydrogens (tertiary/aromatic N) is 3. The summed E-state index contributed by atoms with van der Waals surface area (Å²) in [6.07, 6.45) is 4.94. The molecule has 2 aromatic rings. The molecule has 3 aliphatic rings. The van der Waals surface area contributed by atoms with Crippen molar-refractivity contribution in [3.05, 3.63) is 46.2 Å². The molecule has 2 saturated heterocycles. The minimum Gasteiger partial charge on any atom is -0.337 e. The Morgan fingerprint density at radius 1 is 0.970 bits per heavy atom. The van der Waals surface area contributed by atoms with Gasteiger partial charge in [-0.25, -0.2) is 8.42 Å². The van der Waals surface area contributed by atoms with Crippen LogP contribution in [0.5, 0.6) is 0 Å². The quantitative estimate of drug-likeness (QED) is 0.663. The summed E-state index contributed by atoms with van der Waals surface area (Å²) in [5, 5.41) is 1.89. The summed E-state index contributed by atoms with van der Waals surface area (Å²) in [5.41, 5.74) is 1.73. The van der Waals surface area contributed by atoms with E-state index in [1.165, 1.54) is 11.3 Å². The number of thiophene rings is 1. The SMILES string of the molecule is O=C(c1cccs1)N1CCCC(C(=O)N2CCCc3cc(S(=O)(=O)N4CCCC4)ccc32)C1. The van der Waals surface area contributed by atoms with Crippen LogP contribution in [-0.2, 0) is 21.2 Å². The van der Waals surface area contributed by atoms with Gasteiger partial charge in [0, 0.05) is 38.4 Å². The zero-order chi connectivity index (χ0) is 23.0. The van der Waals surface area contributed by atoms with Crippen LogP contribution < -0.4 is 4.90 Å². The van der Waals surface area contributed by atoms with Crippen molar-refractivity contribution in [2.24, 2.45) is 5.92 Å². The molecule has 4 heterocycles. The summed E-state index contributed by atoms with van der Waals surface area (Å²) in [6, 6.07) is 8.90. The Morgan fingerprint density at radius 3 is 2.55 bits per heavy atom. The van der Waals surface area contributed by atoms with E-state index in [0.29, 0.717) is 42.5 Å². The van der Waals surface area contributed by atoms with Gasteiger partial charge in [0.2, 0.25) is 15.9 Å². The molecular formula is C24H29N3O4S2. The van der Waals surface area contributed by atoms with E-state index in [9.17, 15) is 18.0 Å². The van der Waals surface area contributed by atoms with Crippen LogP contribution >= 0.6 is 11.3 Å². The number of likely N-dealkylation sites (tertiary alicyclic amines) is 1. The highest BCUT2D eigenvalue weighted by molar-refractivity contribution is 7.89. The zero-order valence-electron chi connectivity index (χ0n) is 18.6. The molecule has 0 radical (unpaired) electrons. The molecule has 0 bridgehead atoms. The van der Waals surface area contributed by atoms with E-state index in [4.69, 9.17) is 0 Å². The van der Waals surface area contributed by atoms with Crippen LogP contribution in [0, 0.1) is 5.92 Å². The Bertz CT molecular complexity index is 1140. The van der Waals surface area contributed by atoms with Gasteiger partial charge in [-0.1, -0.05) is 6.07 Å². The number of anilines is 1. The van der Waals surface area contributed by atoms with Gasteiger partial charge in [0.05, 0.1) is 15.7 Å². The number of aryl methyl sites for hydroxylation is 1. The first-order valence-electron chi connectivity index (χ1n) is 11.7. The van der Waals surface area contributed by atoms with Crippen molar-refractivity contribution in [3.8, 4) is 0 Å². The lowest BCUT2D eigenvalue weighted by atomic mass is 9.94. The van der Waals surface area contributed by atoms with E-state index < -0.39 is 10.0 Å². The second-order valence-electron chi connectivity index (χ2n) is 9.06. The van der Waals surface area contributed by atoms with Gasteiger partial charge in [0.15, 0.2) is 0 Å². The molecule has 1 unspecified atom stereocenters. The smallest absolute Gasteiger partial charge is 0.263 e. The highest BCUT2D eigenvalue weighted by Crippen LogP contribution is 2.33. The molecule has 9 heteroatoms. The van der Waals surface area contributed by atoms with Gasteiger partial charge in [0.25, 0.3) is 5.91 Å². The number of carbonyl (C=O) groups excluding carboxylic acids is 2. The summed E-state index contributed by atoms with van der Waals surface area (Å²) in [5.74, 6) is -0.199. The highest BCUT2D eigenvalue weighted by atomic mass is 32.2. The maximum absolute atomic E-state index is 13.5. The average molecular weight is 488 g/mol. The van der Waals surface area contributed by atoms with Crippen LogP contribution in [0.2, 0.25) is 0 Å². The van der Waals surface area contributed by atoms with Crippen LogP contribution in [0.4, 0.5) is 5.69 Å². The molecule has 2 amide bonds. The Hall–Kier alpha value is -2.23. The summed E-state index contributed by atoms with van der Waals surface area (Å²) < 4.78 is 27.5. The number of rotatable bonds is 4. The molecule has 0 N–H and O–H groups in total. The normalized spacial score (nSPS) is 21.8. The molecular weight excluding hydrogens is 458 g/mol. The first-order valence-corrected chi connectivity index (χ1v) is 14.0. The predicted octanol–water partition coefficient (Wildman–Crippen LogP) is 3.36. The molecule has 176 valence electrons. The molecule has 7 nitrogen and oxygen atoms in total. The van der Waals surface area contributed by atoms with Gasteiger partial charge in [-0.3, -0.25) is 9.59 Å². The lowest BCUT2D eigenvalue weighted by Crippen LogP contribution is -2.48. The summed E-state index contributed by atoms with van der Waals surface area (Å²) in [6.45, 7) is 2.88. The standard InChI is InChI=1S/C24H29N3O4S2/c28-23(19-7-3-11-25(17-19)24(29)22-8-5-15-32-22)27-14-4-6-18-16-20(9-10-21(18)27)33(30,31)26-12-1-2-13-26/h5,8-10,15-16,19H,1-4,6-7,11-14,17H2. The fourth-order valence-corrected chi connectivity index (χ4v) is 7.44. The van der Waals surface area contributed by atoms with Crippen LogP contribution in [0.25, 0.3) is 0 Å². The van der Waals surface area contributed by atoms with Crippen LogP contribution in [-0.4, -0.2) is 62.2 Å². The van der Waals surface area contributed by atoms with Gasteiger partial charge >= 0.3 is 0 Å². The number of sulfonamides is 1. The monoisotopic (exact) mass is 487 g/mol. The molecule has 1 aromatic heterocycles. The number of hydrogen-bond acceptors (Lipinski definition) is 5. The Morgan fingerprint density at radius 2 is 1.79 bits per heavy atom. The highest BCUT2D eigenvalue weighted by Gasteiger charge is 2.35. The molecule has 0 saturated carbocycles. The summed E-state index contributed by atoms with van der Waals surface area (Å²) in [7, 11) is -3.48. The number of piperidine rings is 1. The van der Waals surface area contributed by atoms with Crippen molar-refractivity contribution in [1.82, 2.24) is 9.21 Å². The number of benzene rings is 1. The average Bonchev–Trinajstić information content (AvgIpc) is 3.57. The van der Waals surface area contributed by atoms with Crippen molar-refractivity contribution in [2.45, 2.75) is 43.4 Å². The topological polar surface area (TPSA) is 78.0 Å². The van der Waals surface area contributed by atoms with Crippen molar-refractivity contribution in [1.29, 1.82) is 0 Å². The third kappa shape index (κ3) is 4.34. The fraction of sp³-hybridized carbons (Fsp3) is 0.500. The van der Waals surface area contributed by atoms with Crippen molar-refractivity contribution in [3.63, 3.8) is 0 Å². The Kier molecular flexibility index (Phi) is 6.28. The fourth-order valence-electron chi connectivity index (χ4n) is 5.18. The van der Waals surface area contributed by atoms with Crippen molar-refractivity contribution < 1.29 is 18.0 Å². The van der Waals surface area contributed by atoms with Crippen LogP contribution in [0.3, 0.4) is 0 Å². The third-order valence-electron chi connectivity index (χ3n) is 6.93. The molecule has 0 spiro atoms. The molecule has 1 aromatic carbocycles. The second kappa shape index (κ2) is 9.19. The minimum atomic E-state index is -3.48. The van der Waals surface area contributed by atoms with Gasteiger partial charge < -0.3 is 9.80 Å². The van der Waals surface area contributed by atoms with Gasteiger partial charge in [-0.2, -0.15) is 4.31 Å². The summed E-state index contributed by atoms with van der Waals surface area (Å²) >= 11 is 1.43. The Labute approximate surface area is 199 Å². The molecule has 33 heavy (non-hydrogen) atoms. The molecule has 3 aliphatic heterocycles. The van der Waals surface area contributed by atoms with E-state index >= 15 is 0 Å². The van der Waals surface area contributed by atoms with Crippen molar-refractivity contribution >= 4 is 38.9 Å². The molecule has 5 rings (SSSR count).